The molecular weight excluding hydrogens is 250 g/mol. The predicted octanol–water partition coefficient (Wildman–Crippen LogP) is 3.12. The molecule has 4 heteroatoms. The van der Waals surface area contributed by atoms with Crippen LogP contribution in [0.25, 0.3) is 11.5 Å². The summed E-state index contributed by atoms with van der Waals surface area (Å²) in [5.41, 5.74) is 0.960. The smallest absolute Gasteiger partial charge is 0.257 e. The molecule has 0 aliphatic carbocycles. The fourth-order valence-corrected chi connectivity index (χ4v) is 2.72. The van der Waals surface area contributed by atoms with Gasteiger partial charge < -0.3 is 9.42 Å². The zero-order valence-corrected chi connectivity index (χ0v) is 12.0. The summed E-state index contributed by atoms with van der Waals surface area (Å²) in [6.07, 6.45) is 2.22. The first-order valence-electron chi connectivity index (χ1n) is 7.28. The molecule has 0 saturated carbocycles. The minimum absolute atomic E-state index is 0.428. The Hall–Kier alpha value is -1.68. The van der Waals surface area contributed by atoms with Gasteiger partial charge in [0.05, 0.1) is 0 Å². The van der Waals surface area contributed by atoms with Crippen LogP contribution in [-0.2, 0) is 0 Å². The minimum atomic E-state index is 0.428. The van der Waals surface area contributed by atoms with Crippen LogP contribution in [0.3, 0.4) is 0 Å². The third-order valence-corrected chi connectivity index (χ3v) is 4.03. The van der Waals surface area contributed by atoms with E-state index in [2.05, 4.69) is 35.0 Å². The van der Waals surface area contributed by atoms with Crippen molar-refractivity contribution < 1.29 is 4.52 Å². The summed E-state index contributed by atoms with van der Waals surface area (Å²) < 4.78 is 5.39. The number of hydrogen-bond acceptors (Lipinski definition) is 4. The van der Waals surface area contributed by atoms with E-state index in [1.807, 2.05) is 24.3 Å². The SMILES string of the molecule is CC(C)N1CCC(c2noc(-c3cc[c]cc3)n2)CC1. The first-order valence-corrected chi connectivity index (χ1v) is 7.28. The van der Waals surface area contributed by atoms with Crippen molar-refractivity contribution in [2.75, 3.05) is 13.1 Å². The molecule has 0 N–H and O–H groups in total. The van der Waals surface area contributed by atoms with Gasteiger partial charge >= 0.3 is 0 Å². The molecule has 2 aromatic rings. The van der Waals surface area contributed by atoms with Crippen LogP contribution in [0.5, 0.6) is 0 Å². The van der Waals surface area contributed by atoms with Crippen LogP contribution in [0.1, 0.15) is 38.4 Å². The lowest BCUT2D eigenvalue weighted by molar-refractivity contribution is 0.168. The lowest BCUT2D eigenvalue weighted by Crippen LogP contribution is -2.38. The highest BCUT2D eigenvalue weighted by Crippen LogP contribution is 2.28. The molecule has 0 bridgehead atoms. The van der Waals surface area contributed by atoms with Crippen LogP contribution < -0.4 is 0 Å². The molecule has 1 aromatic carbocycles. The van der Waals surface area contributed by atoms with Crippen LogP contribution in [0.2, 0.25) is 0 Å². The third kappa shape index (κ3) is 2.75. The highest BCUT2D eigenvalue weighted by Gasteiger charge is 2.25. The number of nitrogens with zero attached hydrogens (tertiary/aromatic N) is 3. The topological polar surface area (TPSA) is 42.2 Å². The average Bonchev–Trinajstić information content (AvgIpc) is 2.98. The lowest BCUT2D eigenvalue weighted by atomic mass is 9.95. The molecule has 1 aromatic heterocycles. The Morgan fingerprint density at radius 2 is 1.95 bits per heavy atom. The number of rotatable bonds is 3. The molecule has 0 atom stereocenters. The molecule has 20 heavy (non-hydrogen) atoms. The monoisotopic (exact) mass is 270 g/mol. The molecule has 4 nitrogen and oxygen atoms in total. The van der Waals surface area contributed by atoms with E-state index in [0.29, 0.717) is 17.9 Å². The van der Waals surface area contributed by atoms with Crippen LogP contribution in [0.4, 0.5) is 0 Å². The first-order chi connectivity index (χ1) is 9.74. The fraction of sp³-hybridized carbons (Fsp3) is 0.500. The molecule has 105 valence electrons. The molecule has 0 spiro atoms. The number of aromatic nitrogens is 2. The van der Waals surface area contributed by atoms with Crippen LogP contribution >= 0.6 is 0 Å². The van der Waals surface area contributed by atoms with E-state index in [1.54, 1.807) is 0 Å². The van der Waals surface area contributed by atoms with Gasteiger partial charge in [0, 0.05) is 17.5 Å². The van der Waals surface area contributed by atoms with E-state index in [-0.39, 0.29) is 0 Å². The predicted molar refractivity (Wildman–Crippen MR) is 77.3 cm³/mol. The number of piperidine rings is 1. The molecule has 0 amide bonds. The van der Waals surface area contributed by atoms with Crippen LogP contribution in [0, 0.1) is 6.07 Å². The standard InChI is InChI=1S/C16H20N3O/c1-12(2)19-10-8-13(9-11-19)15-17-16(20-18-15)14-6-4-3-5-7-14/h4-7,12-13H,8-11H2,1-2H3. The molecule has 1 saturated heterocycles. The summed E-state index contributed by atoms with van der Waals surface area (Å²) in [4.78, 5) is 7.07. The Morgan fingerprint density at radius 1 is 1.25 bits per heavy atom. The molecule has 0 unspecified atom stereocenters. The summed E-state index contributed by atoms with van der Waals surface area (Å²) >= 11 is 0. The van der Waals surface area contributed by atoms with Gasteiger partial charge in [-0.3, -0.25) is 0 Å². The van der Waals surface area contributed by atoms with Gasteiger partial charge in [-0.2, -0.15) is 4.98 Å². The summed E-state index contributed by atoms with van der Waals surface area (Å²) in [6, 6.07) is 11.2. The Morgan fingerprint density at radius 3 is 2.60 bits per heavy atom. The molecule has 1 radical (unpaired) electrons. The van der Waals surface area contributed by atoms with Crippen molar-refractivity contribution in [2.24, 2.45) is 0 Å². The highest BCUT2D eigenvalue weighted by atomic mass is 16.5. The molecular formula is C16H20N3O. The van der Waals surface area contributed by atoms with Crippen LogP contribution in [-0.4, -0.2) is 34.2 Å². The Kier molecular flexibility index (Phi) is 3.83. The van der Waals surface area contributed by atoms with Gasteiger partial charge in [-0.05, 0) is 58.0 Å². The maximum absolute atomic E-state index is 5.39. The van der Waals surface area contributed by atoms with Crippen molar-refractivity contribution >= 4 is 0 Å². The van der Waals surface area contributed by atoms with Gasteiger partial charge in [-0.15, -0.1) is 0 Å². The van der Waals surface area contributed by atoms with Gasteiger partial charge in [-0.1, -0.05) is 17.3 Å². The van der Waals surface area contributed by atoms with Crippen molar-refractivity contribution in [2.45, 2.75) is 38.6 Å². The summed E-state index contributed by atoms with van der Waals surface area (Å²) in [6.45, 7) is 6.73. The van der Waals surface area contributed by atoms with Gasteiger partial charge in [0.2, 0.25) is 0 Å². The second kappa shape index (κ2) is 5.75. The average molecular weight is 270 g/mol. The van der Waals surface area contributed by atoms with Gasteiger partial charge in [0.1, 0.15) is 0 Å². The van der Waals surface area contributed by atoms with E-state index >= 15 is 0 Å². The van der Waals surface area contributed by atoms with Crippen molar-refractivity contribution in [3.63, 3.8) is 0 Å². The van der Waals surface area contributed by atoms with Crippen molar-refractivity contribution in [3.05, 3.63) is 36.2 Å². The Balaban J connectivity index is 1.69. The van der Waals surface area contributed by atoms with Crippen molar-refractivity contribution in [1.29, 1.82) is 0 Å². The molecule has 1 aliphatic rings. The van der Waals surface area contributed by atoms with E-state index in [4.69, 9.17) is 4.52 Å². The Bertz CT molecular complexity index is 542. The van der Waals surface area contributed by atoms with E-state index < -0.39 is 0 Å². The van der Waals surface area contributed by atoms with E-state index in [9.17, 15) is 0 Å². The maximum Gasteiger partial charge on any atom is 0.257 e. The summed E-state index contributed by atoms with van der Waals surface area (Å²) in [7, 11) is 0. The summed E-state index contributed by atoms with van der Waals surface area (Å²) in [5.74, 6) is 1.90. The van der Waals surface area contributed by atoms with Crippen molar-refractivity contribution in [3.8, 4) is 11.5 Å². The molecule has 1 fully saturated rings. The zero-order chi connectivity index (χ0) is 13.9. The van der Waals surface area contributed by atoms with Crippen molar-refractivity contribution in [1.82, 2.24) is 15.0 Å². The van der Waals surface area contributed by atoms with Gasteiger partial charge in [0.25, 0.3) is 5.89 Å². The Labute approximate surface area is 119 Å². The van der Waals surface area contributed by atoms with E-state index in [0.717, 1.165) is 37.3 Å². The van der Waals surface area contributed by atoms with Gasteiger partial charge in [0.15, 0.2) is 5.82 Å². The number of hydrogen-bond donors (Lipinski definition) is 0. The highest BCUT2D eigenvalue weighted by molar-refractivity contribution is 5.51. The number of benzene rings is 1. The largest absolute Gasteiger partial charge is 0.334 e. The summed E-state index contributed by atoms with van der Waals surface area (Å²) in [5, 5.41) is 4.17. The second-order valence-electron chi connectivity index (χ2n) is 5.65. The lowest BCUT2D eigenvalue weighted by Gasteiger charge is -2.33. The second-order valence-corrected chi connectivity index (χ2v) is 5.65. The molecule has 1 aliphatic heterocycles. The quantitative estimate of drug-likeness (QED) is 0.859. The number of likely N-dealkylation sites (tertiary alicyclic amines) is 1. The maximum atomic E-state index is 5.39. The van der Waals surface area contributed by atoms with Gasteiger partial charge in [-0.25, -0.2) is 0 Å². The third-order valence-electron chi connectivity index (χ3n) is 4.03. The fourth-order valence-electron chi connectivity index (χ4n) is 2.72. The molecule has 2 heterocycles. The first kappa shape index (κ1) is 13.3. The zero-order valence-electron chi connectivity index (χ0n) is 12.0. The molecule has 3 rings (SSSR count). The van der Waals surface area contributed by atoms with Crippen LogP contribution in [0.15, 0.2) is 28.8 Å². The normalized spacial score (nSPS) is 17.8. The minimum Gasteiger partial charge on any atom is -0.334 e. The van der Waals surface area contributed by atoms with E-state index in [1.165, 1.54) is 0 Å².